The fourth-order valence-electron chi connectivity index (χ4n) is 3.39. The maximum atomic E-state index is 12.8. The molecular formula is C25H26BrNO4S. The van der Waals surface area contributed by atoms with Gasteiger partial charge in [-0.25, -0.2) is 4.79 Å². The van der Waals surface area contributed by atoms with Crippen molar-refractivity contribution in [1.29, 1.82) is 0 Å². The molecule has 1 N–H and O–H groups in total. The average Bonchev–Trinajstić information content (AvgIpc) is 3.09. The predicted octanol–water partition coefficient (Wildman–Crippen LogP) is 6.63. The lowest BCUT2D eigenvalue weighted by Crippen LogP contribution is -2.21. The van der Waals surface area contributed by atoms with E-state index in [1.165, 1.54) is 16.9 Å². The number of carbonyl (C=O) groups excluding carboxylic acids is 2. The number of nitrogens with one attached hydrogen (secondary N) is 1. The monoisotopic (exact) mass is 515 g/mol. The normalized spacial score (nSPS) is 10.6. The Labute approximate surface area is 200 Å². The van der Waals surface area contributed by atoms with Gasteiger partial charge in [-0.2, -0.15) is 0 Å². The minimum Gasteiger partial charge on any atom is -0.483 e. The molecule has 0 aliphatic rings. The summed E-state index contributed by atoms with van der Waals surface area (Å²) in [6.07, 6.45) is 2.04. The summed E-state index contributed by atoms with van der Waals surface area (Å²) in [5.41, 5.74) is 3.26. The van der Waals surface area contributed by atoms with Crippen molar-refractivity contribution in [1.82, 2.24) is 0 Å². The third-order valence-corrected chi connectivity index (χ3v) is 6.41. The molecule has 0 aliphatic carbocycles. The van der Waals surface area contributed by atoms with E-state index in [0.29, 0.717) is 16.3 Å². The molecule has 0 spiro atoms. The molecule has 1 amide bonds. The van der Waals surface area contributed by atoms with E-state index in [9.17, 15) is 9.59 Å². The van der Waals surface area contributed by atoms with Gasteiger partial charge in [0.05, 0.1) is 11.1 Å². The summed E-state index contributed by atoms with van der Waals surface area (Å²) in [5, 5.41) is 3.30. The highest BCUT2D eigenvalue weighted by Crippen LogP contribution is 2.40. The van der Waals surface area contributed by atoms with Crippen LogP contribution in [0.2, 0.25) is 0 Å². The molecule has 0 unspecified atom stereocenters. The van der Waals surface area contributed by atoms with Gasteiger partial charge in [-0.15, -0.1) is 11.3 Å². The second kappa shape index (κ2) is 11.3. The molecule has 0 aliphatic heterocycles. The fraction of sp³-hybridized carbons (Fsp3) is 0.280. The standard InChI is InChI=1S/C25H26BrNO4S/c1-4-9-17-12-13-20(19(26)14-17)31-15-21(28)27-24-23(25(29)30-5-2)22(16(3)32-24)18-10-7-6-8-11-18/h6-8,10-14H,4-5,9,15H2,1-3H3,(H,27,28). The van der Waals surface area contributed by atoms with Gasteiger partial charge in [-0.1, -0.05) is 49.7 Å². The van der Waals surface area contributed by atoms with Gasteiger partial charge in [0.15, 0.2) is 6.61 Å². The third kappa shape index (κ3) is 5.78. The van der Waals surface area contributed by atoms with E-state index >= 15 is 0 Å². The van der Waals surface area contributed by atoms with Crippen molar-refractivity contribution in [2.75, 3.05) is 18.5 Å². The van der Waals surface area contributed by atoms with E-state index in [0.717, 1.165) is 33.3 Å². The smallest absolute Gasteiger partial charge is 0.341 e. The molecule has 5 nitrogen and oxygen atoms in total. The predicted molar refractivity (Wildman–Crippen MR) is 133 cm³/mol. The van der Waals surface area contributed by atoms with Crippen LogP contribution >= 0.6 is 27.3 Å². The minimum absolute atomic E-state index is 0.175. The van der Waals surface area contributed by atoms with E-state index in [-0.39, 0.29) is 19.1 Å². The van der Waals surface area contributed by atoms with Crippen molar-refractivity contribution < 1.29 is 19.1 Å². The van der Waals surface area contributed by atoms with Crippen molar-refractivity contribution in [2.45, 2.75) is 33.6 Å². The summed E-state index contributed by atoms with van der Waals surface area (Å²) in [6, 6.07) is 15.5. The molecule has 1 aromatic heterocycles. The summed E-state index contributed by atoms with van der Waals surface area (Å²) < 4.78 is 11.8. The highest BCUT2D eigenvalue weighted by atomic mass is 79.9. The maximum absolute atomic E-state index is 12.8. The SMILES string of the molecule is CCCc1ccc(OCC(=O)Nc2sc(C)c(-c3ccccc3)c2C(=O)OCC)c(Br)c1. The molecule has 1 heterocycles. The van der Waals surface area contributed by atoms with Gasteiger partial charge in [-0.05, 0) is 59.5 Å². The van der Waals surface area contributed by atoms with E-state index in [1.807, 2.05) is 55.5 Å². The first-order valence-corrected chi connectivity index (χ1v) is 12.1. The number of benzene rings is 2. The van der Waals surface area contributed by atoms with Crippen molar-refractivity contribution >= 4 is 44.1 Å². The number of esters is 1. The summed E-state index contributed by atoms with van der Waals surface area (Å²) >= 11 is 4.86. The van der Waals surface area contributed by atoms with E-state index < -0.39 is 5.97 Å². The number of halogens is 1. The molecule has 32 heavy (non-hydrogen) atoms. The van der Waals surface area contributed by atoms with Crippen molar-refractivity contribution in [3.8, 4) is 16.9 Å². The number of ether oxygens (including phenoxy) is 2. The number of rotatable bonds is 9. The van der Waals surface area contributed by atoms with Gasteiger partial charge in [-0.3, -0.25) is 4.79 Å². The van der Waals surface area contributed by atoms with Crippen LogP contribution in [0, 0.1) is 6.92 Å². The average molecular weight is 516 g/mol. The zero-order valence-corrected chi connectivity index (χ0v) is 20.8. The molecule has 0 fully saturated rings. The van der Waals surface area contributed by atoms with Gasteiger partial charge in [0.25, 0.3) is 5.91 Å². The first-order chi connectivity index (χ1) is 15.4. The molecule has 0 saturated carbocycles. The maximum Gasteiger partial charge on any atom is 0.341 e. The van der Waals surface area contributed by atoms with Gasteiger partial charge < -0.3 is 14.8 Å². The number of aryl methyl sites for hydroxylation is 2. The molecule has 0 atom stereocenters. The Morgan fingerprint density at radius 3 is 2.50 bits per heavy atom. The second-order valence-corrected chi connectivity index (χ2v) is 9.25. The Hall–Kier alpha value is -2.64. The lowest BCUT2D eigenvalue weighted by Gasteiger charge is -2.11. The largest absolute Gasteiger partial charge is 0.483 e. The molecule has 168 valence electrons. The fourth-order valence-corrected chi connectivity index (χ4v) is 5.02. The first kappa shape index (κ1) is 24.0. The van der Waals surface area contributed by atoms with Crippen molar-refractivity contribution in [3.05, 3.63) is 69.0 Å². The second-order valence-electron chi connectivity index (χ2n) is 7.18. The molecule has 0 radical (unpaired) electrons. The van der Waals surface area contributed by atoms with Gasteiger partial charge in [0.2, 0.25) is 0 Å². The number of carbonyl (C=O) groups is 2. The van der Waals surface area contributed by atoms with Crippen LogP contribution in [0.5, 0.6) is 5.75 Å². The van der Waals surface area contributed by atoms with E-state index in [4.69, 9.17) is 9.47 Å². The molecule has 2 aromatic carbocycles. The van der Waals surface area contributed by atoms with E-state index in [2.05, 4.69) is 28.2 Å². The Balaban J connectivity index is 1.79. The molecular weight excluding hydrogens is 490 g/mol. The van der Waals surface area contributed by atoms with Gasteiger partial charge in [0.1, 0.15) is 16.3 Å². The van der Waals surface area contributed by atoms with Crippen LogP contribution in [0.1, 0.15) is 41.1 Å². The molecule has 7 heteroatoms. The zero-order valence-electron chi connectivity index (χ0n) is 18.4. The highest BCUT2D eigenvalue weighted by molar-refractivity contribution is 9.10. The van der Waals surface area contributed by atoms with Crippen LogP contribution < -0.4 is 10.1 Å². The van der Waals surface area contributed by atoms with Crippen LogP contribution in [0.25, 0.3) is 11.1 Å². The minimum atomic E-state index is -0.457. The lowest BCUT2D eigenvalue weighted by molar-refractivity contribution is -0.118. The Morgan fingerprint density at radius 2 is 1.84 bits per heavy atom. The van der Waals surface area contributed by atoms with Crippen LogP contribution in [-0.2, 0) is 16.0 Å². The van der Waals surface area contributed by atoms with Gasteiger partial charge >= 0.3 is 5.97 Å². The van der Waals surface area contributed by atoms with Crippen LogP contribution in [-0.4, -0.2) is 25.1 Å². The number of hydrogen-bond acceptors (Lipinski definition) is 5. The summed E-state index contributed by atoms with van der Waals surface area (Å²) in [7, 11) is 0. The molecule has 3 aromatic rings. The van der Waals surface area contributed by atoms with Crippen LogP contribution in [0.4, 0.5) is 5.00 Å². The molecule has 3 rings (SSSR count). The first-order valence-electron chi connectivity index (χ1n) is 10.5. The van der Waals surface area contributed by atoms with Crippen molar-refractivity contribution in [3.63, 3.8) is 0 Å². The Morgan fingerprint density at radius 1 is 1.09 bits per heavy atom. The number of amides is 1. The zero-order chi connectivity index (χ0) is 23.1. The number of thiophene rings is 1. The van der Waals surface area contributed by atoms with Gasteiger partial charge in [0, 0.05) is 10.4 Å². The highest BCUT2D eigenvalue weighted by Gasteiger charge is 2.25. The summed E-state index contributed by atoms with van der Waals surface area (Å²) in [6.45, 7) is 5.89. The third-order valence-electron chi connectivity index (χ3n) is 4.77. The van der Waals surface area contributed by atoms with Crippen LogP contribution in [0.3, 0.4) is 0 Å². The Kier molecular flexibility index (Phi) is 8.47. The summed E-state index contributed by atoms with van der Waals surface area (Å²) in [4.78, 5) is 26.3. The number of anilines is 1. The van der Waals surface area contributed by atoms with Crippen LogP contribution in [0.15, 0.2) is 53.0 Å². The molecule has 0 saturated heterocycles. The topological polar surface area (TPSA) is 64.6 Å². The number of hydrogen-bond donors (Lipinski definition) is 1. The summed E-state index contributed by atoms with van der Waals surface area (Å²) in [5.74, 6) is -0.208. The Bertz CT molecular complexity index is 1090. The van der Waals surface area contributed by atoms with Crippen molar-refractivity contribution in [2.24, 2.45) is 0 Å². The lowest BCUT2D eigenvalue weighted by atomic mass is 10.0. The molecule has 0 bridgehead atoms. The van der Waals surface area contributed by atoms with E-state index in [1.54, 1.807) is 6.92 Å². The quantitative estimate of drug-likeness (QED) is 0.324.